The molecule has 0 amide bonds. The fourth-order valence-corrected chi connectivity index (χ4v) is 2.76. The maximum Gasteiger partial charge on any atom is 0.159 e. The predicted octanol–water partition coefficient (Wildman–Crippen LogP) is 6.36. The highest BCUT2D eigenvalue weighted by Crippen LogP contribution is 2.48. The first-order valence-corrected chi connectivity index (χ1v) is 8.39. The molecule has 0 saturated heterocycles. The van der Waals surface area contributed by atoms with Crippen LogP contribution in [0.3, 0.4) is 0 Å². The second-order valence-corrected chi connectivity index (χ2v) is 7.70. The fraction of sp³-hybridized carbons (Fsp3) is 0.571. The quantitative estimate of drug-likeness (QED) is 0.345. The van der Waals surface area contributed by atoms with Gasteiger partial charge in [-0.2, -0.15) is 0 Å². The third-order valence-corrected chi connectivity index (χ3v) is 4.99. The zero-order valence-corrected chi connectivity index (χ0v) is 15.9. The van der Waals surface area contributed by atoms with Gasteiger partial charge in [0, 0.05) is 6.54 Å². The molecule has 0 aromatic heterocycles. The van der Waals surface area contributed by atoms with Crippen molar-refractivity contribution in [3.63, 3.8) is 0 Å². The van der Waals surface area contributed by atoms with Gasteiger partial charge in [-0.05, 0) is 18.4 Å². The van der Waals surface area contributed by atoms with Crippen LogP contribution in [0.1, 0.15) is 27.2 Å². The number of hydrogen-bond donors (Lipinski definition) is 1. The van der Waals surface area contributed by atoms with Gasteiger partial charge in [0.05, 0.1) is 15.1 Å². The molecule has 0 aliphatic heterocycles. The highest BCUT2D eigenvalue weighted by molar-refractivity contribution is 6.55. The predicted molar refractivity (Wildman–Crippen MR) is 93.9 cm³/mol. The fourth-order valence-electron chi connectivity index (χ4n) is 1.53. The van der Waals surface area contributed by atoms with Crippen molar-refractivity contribution in [2.24, 2.45) is 5.41 Å². The van der Waals surface area contributed by atoms with Crippen LogP contribution >= 0.6 is 58.0 Å². The molecule has 0 fully saturated rings. The summed E-state index contributed by atoms with van der Waals surface area (Å²) in [6, 6.07) is 0. The highest BCUT2D eigenvalue weighted by Gasteiger charge is 2.20. The topological polar surface area (TPSA) is 21.3 Å². The van der Waals surface area contributed by atoms with E-state index in [1.807, 2.05) is 0 Å². The van der Waals surface area contributed by atoms with Crippen LogP contribution in [0.5, 0.6) is 5.75 Å². The Morgan fingerprint density at radius 2 is 1.29 bits per heavy atom. The van der Waals surface area contributed by atoms with E-state index in [2.05, 4.69) is 26.1 Å². The van der Waals surface area contributed by atoms with E-state index in [0.29, 0.717) is 18.6 Å². The Hall–Kier alpha value is 0.430. The Morgan fingerprint density at radius 1 is 0.810 bits per heavy atom. The summed E-state index contributed by atoms with van der Waals surface area (Å²) < 4.78 is 5.56. The number of ether oxygens (including phenoxy) is 1. The molecule has 0 saturated carbocycles. The second-order valence-electron chi connectivity index (χ2n) is 5.81. The maximum atomic E-state index is 6.07. The van der Waals surface area contributed by atoms with E-state index in [1.54, 1.807) is 0 Å². The lowest BCUT2D eigenvalue weighted by Gasteiger charge is -2.18. The van der Waals surface area contributed by atoms with Crippen LogP contribution in [-0.2, 0) is 0 Å². The molecule has 1 aromatic carbocycles. The summed E-state index contributed by atoms with van der Waals surface area (Å²) in [4.78, 5) is 0. The van der Waals surface area contributed by atoms with E-state index in [-0.39, 0.29) is 30.9 Å². The average Bonchev–Trinajstić information content (AvgIpc) is 2.40. The molecule has 0 radical (unpaired) electrons. The zero-order chi connectivity index (χ0) is 16.2. The Morgan fingerprint density at radius 3 is 1.76 bits per heavy atom. The first-order chi connectivity index (χ1) is 9.65. The summed E-state index contributed by atoms with van der Waals surface area (Å²) in [6.07, 6.45) is 1.08. The summed E-state index contributed by atoms with van der Waals surface area (Å²) in [6.45, 7) is 8.57. The molecule has 1 N–H and O–H groups in total. The average molecular weight is 394 g/mol. The smallest absolute Gasteiger partial charge is 0.159 e. The lowest BCUT2D eigenvalue weighted by Crippen LogP contribution is -2.25. The third kappa shape index (κ3) is 5.85. The van der Waals surface area contributed by atoms with Crippen LogP contribution in [0, 0.1) is 5.41 Å². The van der Waals surface area contributed by atoms with E-state index in [0.717, 1.165) is 13.0 Å². The van der Waals surface area contributed by atoms with Crippen LogP contribution in [0.25, 0.3) is 0 Å². The summed E-state index contributed by atoms with van der Waals surface area (Å²) >= 11 is 30.0. The second kappa shape index (κ2) is 8.33. The largest absolute Gasteiger partial charge is 0.489 e. The van der Waals surface area contributed by atoms with E-state index >= 15 is 0 Å². The van der Waals surface area contributed by atoms with Crippen molar-refractivity contribution >= 4 is 58.0 Å². The van der Waals surface area contributed by atoms with Crippen LogP contribution in [-0.4, -0.2) is 19.7 Å². The minimum atomic E-state index is 0.129. The number of benzene rings is 1. The van der Waals surface area contributed by atoms with Crippen LogP contribution in [0.15, 0.2) is 0 Å². The molecule has 1 rings (SSSR count). The molecule has 1 aromatic rings. The van der Waals surface area contributed by atoms with Gasteiger partial charge in [0.15, 0.2) is 5.75 Å². The van der Waals surface area contributed by atoms with E-state index < -0.39 is 0 Å². The Bertz CT molecular complexity index is 470. The summed E-state index contributed by atoms with van der Waals surface area (Å²) in [7, 11) is 0. The summed E-state index contributed by atoms with van der Waals surface area (Å²) in [5, 5.41) is 4.05. The van der Waals surface area contributed by atoms with Gasteiger partial charge in [0.1, 0.15) is 16.7 Å². The minimum absolute atomic E-state index is 0.129. The normalized spacial score (nSPS) is 11.8. The molecular weight excluding hydrogens is 375 g/mol. The standard InChI is InChI=1S/C14H18Cl5NO/c1-14(2,3)4-5-20-6-7-21-13-11(18)9(16)8(15)10(17)12(13)19/h20H,4-7H2,1-3H3. The SMILES string of the molecule is CC(C)(C)CCNCCOc1c(Cl)c(Cl)c(Cl)c(Cl)c1Cl. The van der Waals surface area contributed by atoms with Gasteiger partial charge in [-0.15, -0.1) is 0 Å². The lowest BCUT2D eigenvalue weighted by molar-refractivity contribution is 0.304. The Kier molecular flexibility index (Phi) is 7.73. The zero-order valence-electron chi connectivity index (χ0n) is 12.1. The van der Waals surface area contributed by atoms with Crippen molar-refractivity contribution in [1.82, 2.24) is 5.32 Å². The van der Waals surface area contributed by atoms with E-state index in [9.17, 15) is 0 Å². The molecule has 0 bridgehead atoms. The molecule has 0 spiro atoms. The third-order valence-electron chi connectivity index (χ3n) is 2.75. The summed E-state index contributed by atoms with van der Waals surface area (Å²) in [5.74, 6) is 0.260. The first kappa shape index (κ1) is 19.5. The highest BCUT2D eigenvalue weighted by atomic mass is 35.5. The van der Waals surface area contributed by atoms with Crippen molar-refractivity contribution in [3.05, 3.63) is 25.1 Å². The number of halogens is 5. The summed E-state index contributed by atoms with van der Waals surface area (Å²) in [5.41, 5.74) is 0.303. The van der Waals surface area contributed by atoms with Crippen molar-refractivity contribution in [1.29, 1.82) is 0 Å². The van der Waals surface area contributed by atoms with Crippen molar-refractivity contribution in [2.75, 3.05) is 19.7 Å². The monoisotopic (exact) mass is 391 g/mol. The molecule has 21 heavy (non-hydrogen) atoms. The molecule has 120 valence electrons. The van der Waals surface area contributed by atoms with E-state index in [4.69, 9.17) is 62.7 Å². The molecule has 0 aliphatic rings. The van der Waals surface area contributed by atoms with Crippen molar-refractivity contribution in [2.45, 2.75) is 27.2 Å². The number of rotatable bonds is 6. The number of hydrogen-bond acceptors (Lipinski definition) is 2. The number of nitrogens with one attached hydrogen (secondary N) is 1. The Balaban J connectivity index is 2.54. The molecular formula is C14H18Cl5NO. The molecule has 0 aliphatic carbocycles. The first-order valence-electron chi connectivity index (χ1n) is 6.50. The minimum Gasteiger partial charge on any atom is -0.489 e. The van der Waals surface area contributed by atoms with Crippen molar-refractivity contribution < 1.29 is 4.74 Å². The van der Waals surface area contributed by atoms with E-state index in [1.165, 1.54) is 0 Å². The van der Waals surface area contributed by atoms with Gasteiger partial charge in [0.25, 0.3) is 0 Å². The van der Waals surface area contributed by atoms with Gasteiger partial charge < -0.3 is 10.1 Å². The Labute approximate surface area is 151 Å². The van der Waals surface area contributed by atoms with Gasteiger partial charge >= 0.3 is 0 Å². The molecule has 0 unspecified atom stereocenters. The van der Waals surface area contributed by atoms with Gasteiger partial charge in [-0.1, -0.05) is 78.8 Å². The van der Waals surface area contributed by atoms with Gasteiger partial charge in [-0.3, -0.25) is 0 Å². The molecule has 0 heterocycles. The lowest BCUT2D eigenvalue weighted by atomic mass is 9.92. The van der Waals surface area contributed by atoms with Crippen LogP contribution in [0.2, 0.25) is 25.1 Å². The molecule has 7 heteroatoms. The van der Waals surface area contributed by atoms with Gasteiger partial charge in [-0.25, -0.2) is 0 Å². The van der Waals surface area contributed by atoms with Crippen molar-refractivity contribution in [3.8, 4) is 5.75 Å². The molecule has 2 nitrogen and oxygen atoms in total. The molecule has 0 atom stereocenters. The van der Waals surface area contributed by atoms with Gasteiger partial charge in [0.2, 0.25) is 0 Å². The maximum absolute atomic E-state index is 6.07. The van der Waals surface area contributed by atoms with Crippen LogP contribution < -0.4 is 10.1 Å². The van der Waals surface area contributed by atoms with Crippen LogP contribution in [0.4, 0.5) is 0 Å².